The number of hydrogen-bond donors (Lipinski definition) is 2. The standard InChI is InChI=1S/C25H26FN3O6/c1-34-18-4-2-16(3-5-18)13-29-22(30)9-6-19-21(8-7-20(26)23(19)29)35-15-25(33)10-11-28(24(31)32)14-17(25)12-27/h2-5,7-8,17,33H,6,9-11,13-15H2,1H3,(H,31,32). The molecule has 0 aromatic heterocycles. The first kappa shape index (κ1) is 24.3. The largest absolute Gasteiger partial charge is 0.497 e. The van der Waals surface area contributed by atoms with Crippen molar-refractivity contribution in [2.75, 3.05) is 31.7 Å². The SMILES string of the molecule is COc1ccc(CN2C(=O)CCc3c(OCC4(O)CCN(C(=O)O)CC4C#N)ccc(F)c32)cc1. The third-order valence-corrected chi connectivity index (χ3v) is 6.62. The average Bonchev–Trinajstić information content (AvgIpc) is 2.85. The monoisotopic (exact) mass is 483 g/mol. The third kappa shape index (κ3) is 4.86. The lowest BCUT2D eigenvalue weighted by Crippen LogP contribution is -2.55. The molecule has 0 aliphatic carbocycles. The second-order valence-corrected chi connectivity index (χ2v) is 8.75. The summed E-state index contributed by atoms with van der Waals surface area (Å²) in [6.45, 7) is -0.152. The van der Waals surface area contributed by atoms with Crippen LogP contribution in [-0.4, -0.2) is 59.5 Å². The minimum absolute atomic E-state index is 0.0307. The number of anilines is 1. The quantitative estimate of drug-likeness (QED) is 0.648. The predicted molar refractivity (Wildman–Crippen MR) is 123 cm³/mol. The fourth-order valence-electron chi connectivity index (χ4n) is 4.52. The Morgan fingerprint density at radius 3 is 2.66 bits per heavy atom. The first-order valence-corrected chi connectivity index (χ1v) is 11.2. The van der Waals surface area contributed by atoms with Gasteiger partial charge in [-0.2, -0.15) is 5.26 Å². The number of methoxy groups -OCH3 is 1. The van der Waals surface area contributed by atoms with E-state index in [0.717, 1.165) is 10.5 Å². The molecule has 35 heavy (non-hydrogen) atoms. The van der Waals surface area contributed by atoms with E-state index in [1.54, 1.807) is 31.4 Å². The Morgan fingerprint density at radius 1 is 1.26 bits per heavy atom. The van der Waals surface area contributed by atoms with E-state index in [1.165, 1.54) is 17.0 Å². The van der Waals surface area contributed by atoms with Crippen molar-refractivity contribution in [1.29, 1.82) is 5.26 Å². The molecule has 0 radical (unpaired) electrons. The van der Waals surface area contributed by atoms with Crippen molar-refractivity contribution in [3.63, 3.8) is 0 Å². The van der Waals surface area contributed by atoms with Gasteiger partial charge < -0.3 is 29.5 Å². The van der Waals surface area contributed by atoms with Crippen LogP contribution in [0, 0.1) is 23.1 Å². The fraction of sp³-hybridized carbons (Fsp3) is 0.400. The minimum Gasteiger partial charge on any atom is -0.497 e. The van der Waals surface area contributed by atoms with Gasteiger partial charge in [-0.15, -0.1) is 0 Å². The van der Waals surface area contributed by atoms with Crippen LogP contribution in [0.5, 0.6) is 11.5 Å². The molecule has 2 atom stereocenters. The number of ether oxygens (including phenoxy) is 2. The number of carboxylic acid groups (broad SMARTS) is 1. The lowest BCUT2D eigenvalue weighted by Gasteiger charge is -2.40. The van der Waals surface area contributed by atoms with E-state index < -0.39 is 23.4 Å². The second kappa shape index (κ2) is 9.80. The molecule has 184 valence electrons. The van der Waals surface area contributed by atoms with Crippen LogP contribution in [0.4, 0.5) is 14.9 Å². The molecule has 2 N–H and O–H groups in total. The highest BCUT2D eigenvalue weighted by Gasteiger charge is 2.44. The highest BCUT2D eigenvalue weighted by molar-refractivity contribution is 5.97. The smallest absolute Gasteiger partial charge is 0.407 e. The molecule has 1 saturated heterocycles. The number of carbonyl (C=O) groups excluding carboxylic acids is 1. The van der Waals surface area contributed by atoms with E-state index in [0.29, 0.717) is 17.1 Å². The van der Waals surface area contributed by atoms with Crippen molar-refractivity contribution < 1.29 is 33.7 Å². The fourth-order valence-corrected chi connectivity index (χ4v) is 4.52. The number of rotatable bonds is 6. The van der Waals surface area contributed by atoms with Gasteiger partial charge in [0, 0.05) is 25.1 Å². The molecular formula is C25H26FN3O6. The highest BCUT2D eigenvalue weighted by atomic mass is 19.1. The summed E-state index contributed by atoms with van der Waals surface area (Å²) in [5.41, 5.74) is -0.110. The maximum Gasteiger partial charge on any atom is 0.407 e. The van der Waals surface area contributed by atoms with Crippen molar-refractivity contribution in [3.05, 3.63) is 53.3 Å². The van der Waals surface area contributed by atoms with Crippen molar-refractivity contribution in [1.82, 2.24) is 4.90 Å². The summed E-state index contributed by atoms with van der Waals surface area (Å²) in [7, 11) is 1.56. The van der Waals surface area contributed by atoms with E-state index in [-0.39, 0.29) is 57.1 Å². The number of benzene rings is 2. The molecule has 0 bridgehead atoms. The van der Waals surface area contributed by atoms with E-state index in [9.17, 15) is 29.5 Å². The van der Waals surface area contributed by atoms with Gasteiger partial charge in [0.2, 0.25) is 5.91 Å². The van der Waals surface area contributed by atoms with Gasteiger partial charge in [0.05, 0.1) is 31.3 Å². The van der Waals surface area contributed by atoms with Crippen LogP contribution in [0.2, 0.25) is 0 Å². The van der Waals surface area contributed by atoms with Crippen LogP contribution in [0.15, 0.2) is 36.4 Å². The molecule has 2 aromatic rings. The minimum atomic E-state index is -1.56. The van der Waals surface area contributed by atoms with Crippen LogP contribution in [-0.2, 0) is 17.8 Å². The Morgan fingerprint density at radius 2 is 2.00 bits per heavy atom. The number of hydrogen-bond acceptors (Lipinski definition) is 6. The van der Waals surface area contributed by atoms with Gasteiger partial charge in [-0.05, 0) is 42.7 Å². The third-order valence-electron chi connectivity index (χ3n) is 6.62. The van der Waals surface area contributed by atoms with Crippen LogP contribution in [0.25, 0.3) is 0 Å². The lowest BCUT2D eigenvalue weighted by molar-refractivity contribution is -0.119. The zero-order valence-electron chi connectivity index (χ0n) is 19.2. The number of amides is 2. The first-order valence-electron chi connectivity index (χ1n) is 11.2. The molecule has 2 aliphatic heterocycles. The maximum absolute atomic E-state index is 15.0. The van der Waals surface area contributed by atoms with E-state index >= 15 is 0 Å². The Labute approximate surface area is 201 Å². The van der Waals surface area contributed by atoms with Crippen molar-refractivity contribution in [3.8, 4) is 17.6 Å². The first-order chi connectivity index (χ1) is 16.8. The summed E-state index contributed by atoms with van der Waals surface area (Å²) in [6, 6.07) is 11.8. The van der Waals surface area contributed by atoms with Gasteiger partial charge in [0.15, 0.2) is 0 Å². The number of likely N-dealkylation sites (tertiary alicyclic amines) is 1. The Bertz CT molecular complexity index is 1170. The second-order valence-electron chi connectivity index (χ2n) is 8.75. The van der Waals surface area contributed by atoms with Gasteiger partial charge >= 0.3 is 6.09 Å². The van der Waals surface area contributed by atoms with Crippen molar-refractivity contribution in [2.24, 2.45) is 5.92 Å². The predicted octanol–water partition coefficient (Wildman–Crippen LogP) is 2.95. The lowest BCUT2D eigenvalue weighted by atomic mass is 9.82. The van der Waals surface area contributed by atoms with E-state index in [2.05, 4.69) is 0 Å². The number of fused-ring (bicyclic) bond motifs is 1. The topological polar surface area (TPSA) is 123 Å². The summed E-state index contributed by atoms with van der Waals surface area (Å²) in [6.07, 6.45) is -0.680. The molecule has 2 aromatic carbocycles. The van der Waals surface area contributed by atoms with Crippen molar-refractivity contribution in [2.45, 2.75) is 31.4 Å². The number of piperidine rings is 1. The van der Waals surface area contributed by atoms with Crippen molar-refractivity contribution >= 4 is 17.7 Å². The molecule has 2 aliphatic rings. The van der Waals surface area contributed by atoms with Gasteiger partial charge in [0.25, 0.3) is 0 Å². The molecule has 2 amide bonds. The summed E-state index contributed by atoms with van der Waals surface area (Å²) in [5.74, 6) is -0.758. The molecule has 0 spiro atoms. The van der Waals surface area contributed by atoms with Gasteiger partial charge in [0.1, 0.15) is 29.5 Å². The van der Waals surface area contributed by atoms with E-state index in [1.807, 2.05) is 6.07 Å². The van der Waals surface area contributed by atoms with Gasteiger partial charge in [-0.3, -0.25) is 4.79 Å². The van der Waals surface area contributed by atoms with Crippen LogP contribution >= 0.6 is 0 Å². The summed E-state index contributed by atoms with van der Waals surface area (Å²) in [4.78, 5) is 26.5. The number of halogens is 1. The zero-order valence-corrected chi connectivity index (χ0v) is 19.2. The molecule has 9 nitrogen and oxygen atoms in total. The summed E-state index contributed by atoms with van der Waals surface area (Å²) < 4.78 is 26.0. The summed E-state index contributed by atoms with van der Waals surface area (Å²) >= 11 is 0. The van der Waals surface area contributed by atoms with E-state index in [4.69, 9.17) is 9.47 Å². The molecular weight excluding hydrogens is 457 g/mol. The molecule has 0 saturated carbocycles. The van der Waals surface area contributed by atoms with Crippen LogP contribution in [0.1, 0.15) is 24.0 Å². The number of aliphatic hydroxyl groups is 1. The Balaban J connectivity index is 1.56. The maximum atomic E-state index is 15.0. The number of carbonyl (C=O) groups is 2. The molecule has 10 heteroatoms. The average molecular weight is 483 g/mol. The van der Waals surface area contributed by atoms with Gasteiger partial charge in [-0.1, -0.05) is 12.1 Å². The molecule has 4 rings (SSSR count). The summed E-state index contributed by atoms with van der Waals surface area (Å²) in [5, 5.41) is 29.8. The van der Waals surface area contributed by atoms with Gasteiger partial charge in [-0.25, -0.2) is 9.18 Å². The molecule has 2 unspecified atom stereocenters. The zero-order chi connectivity index (χ0) is 25.2. The number of nitriles is 1. The Kier molecular flexibility index (Phi) is 6.80. The van der Waals surface area contributed by atoms with Crippen LogP contribution in [0.3, 0.4) is 0 Å². The molecule has 2 heterocycles. The number of nitrogens with zero attached hydrogens (tertiary/aromatic N) is 3. The van der Waals surface area contributed by atoms with Crippen LogP contribution < -0.4 is 14.4 Å². The normalized spacial score (nSPS) is 21.8. The molecule has 1 fully saturated rings. The Hall–Kier alpha value is -3.84. The highest BCUT2D eigenvalue weighted by Crippen LogP contribution is 2.39.